The third-order valence-corrected chi connectivity index (χ3v) is 2.68. The van der Waals surface area contributed by atoms with E-state index < -0.39 is 29.6 Å². The van der Waals surface area contributed by atoms with Crippen molar-refractivity contribution in [3.05, 3.63) is 23.9 Å². The number of aliphatic carboxylic acids is 1. The minimum Gasteiger partial charge on any atom is -0.481 e. The summed E-state index contributed by atoms with van der Waals surface area (Å²) in [6.07, 6.45) is 0.684. The molecule has 1 rings (SSSR count). The predicted molar refractivity (Wildman–Crippen MR) is 80.9 cm³/mol. The van der Waals surface area contributed by atoms with Crippen LogP contribution in [0, 0.1) is 5.92 Å². The Hall–Kier alpha value is -2.64. The van der Waals surface area contributed by atoms with Crippen LogP contribution in [0.5, 0.6) is 0 Å². The number of carboxylic acid groups (broad SMARTS) is 1. The number of carboxylic acids is 1. The summed E-state index contributed by atoms with van der Waals surface area (Å²) in [6, 6.07) is 3.06. The minimum atomic E-state index is -1.30. The highest BCUT2D eigenvalue weighted by atomic mass is 16.6. The van der Waals surface area contributed by atoms with Crippen molar-refractivity contribution in [1.29, 1.82) is 0 Å². The van der Waals surface area contributed by atoms with Crippen molar-refractivity contribution >= 4 is 23.8 Å². The summed E-state index contributed by atoms with van der Waals surface area (Å²) in [4.78, 5) is 38.0. The Kier molecular flexibility index (Phi) is 6.06. The molecule has 1 aromatic heterocycles. The summed E-state index contributed by atoms with van der Waals surface area (Å²) in [7, 11) is 1.13. The van der Waals surface area contributed by atoms with Gasteiger partial charge < -0.3 is 14.6 Å². The molecule has 0 radical (unpaired) electrons. The summed E-state index contributed by atoms with van der Waals surface area (Å²) in [6.45, 7) is 5.21. The molecule has 0 aliphatic rings. The van der Waals surface area contributed by atoms with Gasteiger partial charge in [-0.1, -0.05) is 6.07 Å². The molecule has 8 heteroatoms. The van der Waals surface area contributed by atoms with Crippen LogP contribution in [-0.4, -0.2) is 40.8 Å². The van der Waals surface area contributed by atoms with Gasteiger partial charge in [0, 0.05) is 6.20 Å². The molecule has 0 saturated carbocycles. The fourth-order valence-corrected chi connectivity index (χ4v) is 1.68. The van der Waals surface area contributed by atoms with Gasteiger partial charge in [-0.3, -0.25) is 14.9 Å². The molecule has 0 aromatic carbocycles. The highest BCUT2D eigenvalue weighted by Crippen LogP contribution is 2.14. The van der Waals surface area contributed by atoms with E-state index >= 15 is 0 Å². The Morgan fingerprint density at radius 1 is 1.30 bits per heavy atom. The van der Waals surface area contributed by atoms with Gasteiger partial charge in [0.25, 0.3) is 0 Å². The van der Waals surface area contributed by atoms with Crippen molar-refractivity contribution in [1.82, 2.24) is 4.98 Å². The maximum Gasteiger partial charge on any atom is 0.413 e. The van der Waals surface area contributed by atoms with Crippen LogP contribution in [0.2, 0.25) is 0 Å². The summed E-state index contributed by atoms with van der Waals surface area (Å²) >= 11 is 0. The number of nitrogens with zero attached hydrogens (tertiary/aromatic N) is 1. The summed E-state index contributed by atoms with van der Waals surface area (Å²) in [5.74, 6) is -3.14. The molecule has 126 valence electrons. The number of esters is 1. The van der Waals surface area contributed by atoms with Crippen LogP contribution in [-0.2, 0) is 25.5 Å². The molecule has 0 bridgehead atoms. The summed E-state index contributed by atoms with van der Waals surface area (Å²) < 4.78 is 9.54. The molecule has 1 aromatic rings. The van der Waals surface area contributed by atoms with Crippen LogP contribution in [0.4, 0.5) is 10.6 Å². The quantitative estimate of drug-likeness (QED) is 0.627. The number of methoxy groups -OCH3 is 1. The number of carbonyl (C=O) groups is 3. The number of hydrogen-bond acceptors (Lipinski definition) is 6. The normalized spacial score (nSPS) is 12.2. The lowest BCUT2D eigenvalue weighted by Crippen LogP contribution is -2.28. The Bertz CT molecular complexity index is 577. The maximum absolute atomic E-state index is 11.6. The Labute approximate surface area is 133 Å². The standard InChI is InChI=1S/C15H20N2O6/c1-15(2,3)23-14(21)17-11-6-5-9(8-16-11)7-10(12(18)19)13(20)22-4/h5-6,8,10H,7H2,1-4H3,(H,18,19)(H,16,17,21). The lowest BCUT2D eigenvalue weighted by atomic mass is 10.0. The first-order valence-corrected chi connectivity index (χ1v) is 6.88. The second-order valence-electron chi connectivity index (χ2n) is 5.80. The van der Waals surface area contributed by atoms with E-state index in [2.05, 4.69) is 15.0 Å². The van der Waals surface area contributed by atoms with E-state index in [9.17, 15) is 14.4 Å². The Morgan fingerprint density at radius 3 is 2.39 bits per heavy atom. The first kappa shape index (κ1) is 18.4. The zero-order valence-corrected chi connectivity index (χ0v) is 13.5. The summed E-state index contributed by atoms with van der Waals surface area (Å²) in [5, 5.41) is 11.5. The second kappa shape index (κ2) is 7.57. The van der Waals surface area contributed by atoms with Crippen molar-refractivity contribution in [2.24, 2.45) is 5.92 Å². The monoisotopic (exact) mass is 324 g/mol. The molecule has 1 unspecified atom stereocenters. The largest absolute Gasteiger partial charge is 0.481 e. The molecule has 0 fully saturated rings. The van der Waals surface area contributed by atoms with Gasteiger partial charge in [-0.15, -0.1) is 0 Å². The first-order chi connectivity index (χ1) is 10.6. The van der Waals surface area contributed by atoms with Crippen LogP contribution in [0.25, 0.3) is 0 Å². The lowest BCUT2D eigenvalue weighted by molar-refractivity contribution is -0.156. The van der Waals surface area contributed by atoms with Crippen molar-refractivity contribution in [2.75, 3.05) is 12.4 Å². The minimum absolute atomic E-state index is 0.0538. The average Bonchev–Trinajstić information content (AvgIpc) is 2.43. The highest BCUT2D eigenvalue weighted by Gasteiger charge is 2.27. The number of ether oxygens (including phenoxy) is 2. The maximum atomic E-state index is 11.6. The molecule has 2 N–H and O–H groups in total. The van der Waals surface area contributed by atoms with Crippen LogP contribution in [0.1, 0.15) is 26.3 Å². The van der Waals surface area contributed by atoms with Gasteiger partial charge in [0.05, 0.1) is 7.11 Å². The summed E-state index contributed by atoms with van der Waals surface area (Å²) in [5.41, 5.74) is -0.100. The van der Waals surface area contributed by atoms with Crippen molar-refractivity contribution in [3.8, 4) is 0 Å². The van der Waals surface area contributed by atoms with Crippen molar-refractivity contribution in [3.63, 3.8) is 0 Å². The fraction of sp³-hybridized carbons (Fsp3) is 0.467. The van der Waals surface area contributed by atoms with Gasteiger partial charge in [-0.2, -0.15) is 0 Å². The van der Waals surface area contributed by atoms with Crippen molar-refractivity contribution in [2.45, 2.75) is 32.8 Å². The van der Waals surface area contributed by atoms with Gasteiger partial charge in [0.2, 0.25) is 0 Å². The smallest absolute Gasteiger partial charge is 0.413 e. The Balaban J connectivity index is 2.71. The molecular formula is C15H20N2O6. The van der Waals surface area contributed by atoms with E-state index in [1.807, 2.05) is 0 Å². The Morgan fingerprint density at radius 2 is 1.96 bits per heavy atom. The van der Waals surface area contributed by atoms with E-state index in [1.165, 1.54) is 12.3 Å². The zero-order chi connectivity index (χ0) is 17.6. The molecule has 1 atom stereocenters. The second-order valence-corrected chi connectivity index (χ2v) is 5.80. The zero-order valence-electron chi connectivity index (χ0n) is 13.5. The van der Waals surface area contributed by atoms with Gasteiger partial charge in [0.15, 0.2) is 5.92 Å². The number of amides is 1. The number of nitrogens with one attached hydrogen (secondary N) is 1. The molecule has 0 aliphatic heterocycles. The van der Waals surface area contributed by atoms with Crippen LogP contribution in [0.15, 0.2) is 18.3 Å². The molecule has 8 nitrogen and oxygen atoms in total. The highest BCUT2D eigenvalue weighted by molar-refractivity contribution is 5.94. The van der Waals surface area contributed by atoms with Crippen LogP contribution < -0.4 is 5.32 Å². The lowest BCUT2D eigenvalue weighted by Gasteiger charge is -2.19. The van der Waals surface area contributed by atoms with E-state index in [0.717, 1.165) is 7.11 Å². The van der Waals surface area contributed by atoms with Gasteiger partial charge in [-0.05, 0) is 38.8 Å². The number of hydrogen-bond donors (Lipinski definition) is 2. The van der Waals surface area contributed by atoms with Crippen molar-refractivity contribution < 1.29 is 29.0 Å². The van der Waals surface area contributed by atoms with E-state index in [1.54, 1.807) is 26.8 Å². The number of pyridine rings is 1. The third-order valence-electron chi connectivity index (χ3n) is 2.68. The molecule has 0 spiro atoms. The molecule has 0 aliphatic carbocycles. The first-order valence-electron chi connectivity index (χ1n) is 6.88. The molecule has 0 saturated heterocycles. The van der Waals surface area contributed by atoms with Gasteiger partial charge >= 0.3 is 18.0 Å². The van der Waals surface area contributed by atoms with Gasteiger partial charge in [0.1, 0.15) is 11.4 Å². The number of aromatic nitrogens is 1. The van der Waals surface area contributed by atoms with Crippen LogP contribution >= 0.6 is 0 Å². The topological polar surface area (TPSA) is 115 Å². The fourth-order valence-electron chi connectivity index (χ4n) is 1.68. The van der Waals surface area contributed by atoms with E-state index in [4.69, 9.17) is 9.84 Å². The third kappa shape index (κ3) is 6.33. The van der Waals surface area contributed by atoms with E-state index in [0.29, 0.717) is 5.56 Å². The van der Waals surface area contributed by atoms with E-state index in [-0.39, 0.29) is 12.2 Å². The molecular weight excluding hydrogens is 304 g/mol. The van der Waals surface area contributed by atoms with Gasteiger partial charge in [-0.25, -0.2) is 9.78 Å². The van der Waals surface area contributed by atoms with Crippen LogP contribution in [0.3, 0.4) is 0 Å². The molecule has 1 amide bonds. The molecule has 23 heavy (non-hydrogen) atoms. The molecule has 1 heterocycles. The number of anilines is 1. The number of carbonyl (C=O) groups excluding carboxylic acids is 2. The average molecular weight is 324 g/mol. The number of rotatable bonds is 5. The SMILES string of the molecule is COC(=O)C(Cc1ccc(NC(=O)OC(C)(C)C)nc1)C(=O)O. The predicted octanol–water partition coefficient (Wildman–Crippen LogP) is 1.84.